The highest BCUT2D eigenvalue weighted by Gasteiger charge is 2.20. The fourth-order valence-corrected chi connectivity index (χ4v) is 1.37. The first kappa shape index (κ1) is 13.0. The Balaban J connectivity index is 2.99. The van der Waals surface area contributed by atoms with Crippen LogP contribution in [0.3, 0.4) is 0 Å². The van der Waals surface area contributed by atoms with Crippen LogP contribution in [0, 0.1) is 18.2 Å². The number of terminal acetylenes is 1. The summed E-state index contributed by atoms with van der Waals surface area (Å²) < 4.78 is 18.2. The van der Waals surface area contributed by atoms with Crippen molar-refractivity contribution in [3.63, 3.8) is 0 Å². The van der Waals surface area contributed by atoms with E-state index in [9.17, 15) is 9.18 Å². The quantitative estimate of drug-likeness (QED) is 0.755. The molecule has 0 heterocycles. The van der Waals surface area contributed by atoms with E-state index >= 15 is 0 Å². The average molecular weight is 237 g/mol. The first-order valence-corrected chi connectivity index (χ1v) is 4.83. The van der Waals surface area contributed by atoms with Crippen molar-refractivity contribution in [1.82, 2.24) is 5.32 Å². The van der Waals surface area contributed by atoms with Crippen LogP contribution in [0.2, 0.25) is 0 Å². The van der Waals surface area contributed by atoms with E-state index in [1.54, 1.807) is 0 Å². The average Bonchev–Trinajstić information content (AvgIpc) is 2.29. The Morgan fingerprint density at radius 3 is 2.88 bits per heavy atom. The predicted molar refractivity (Wildman–Crippen MR) is 60.2 cm³/mol. The number of ether oxygens (including phenoxy) is 1. The number of carboxylic acids is 1. The van der Waals surface area contributed by atoms with Crippen LogP contribution in [0.25, 0.3) is 0 Å². The first-order valence-electron chi connectivity index (χ1n) is 4.83. The molecule has 1 aromatic carbocycles. The minimum absolute atomic E-state index is 0.0647. The molecule has 17 heavy (non-hydrogen) atoms. The van der Waals surface area contributed by atoms with E-state index in [-0.39, 0.29) is 17.9 Å². The van der Waals surface area contributed by atoms with Gasteiger partial charge in [-0.1, -0.05) is 12.0 Å². The van der Waals surface area contributed by atoms with Crippen molar-refractivity contribution in [3.8, 4) is 18.1 Å². The molecule has 0 radical (unpaired) electrons. The molecule has 2 N–H and O–H groups in total. The summed E-state index contributed by atoms with van der Waals surface area (Å²) in [6.07, 6.45) is 5.03. The zero-order valence-corrected chi connectivity index (χ0v) is 9.24. The van der Waals surface area contributed by atoms with Crippen LogP contribution in [0.4, 0.5) is 4.39 Å². The molecule has 0 aromatic heterocycles. The normalized spacial score (nSPS) is 11.6. The Bertz CT molecular complexity index is 454. The maximum absolute atomic E-state index is 13.4. The van der Waals surface area contributed by atoms with Gasteiger partial charge >= 0.3 is 5.97 Å². The van der Waals surface area contributed by atoms with E-state index in [4.69, 9.17) is 16.3 Å². The van der Waals surface area contributed by atoms with E-state index < -0.39 is 17.8 Å². The predicted octanol–water partition coefficient (Wildman–Crippen LogP) is 1.18. The van der Waals surface area contributed by atoms with Crippen LogP contribution >= 0.6 is 0 Å². The number of rotatable bonds is 5. The second kappa shape index (κ2) is 5.87. The fourth-order valence-electron chi connectivity index (χ4n) is 1.37. The Labute approximate surface area is 98.4 Å². The Morgan fingerprint density at radius 2 is 2.41 bits per heavy atom. The molecule has 0 aliphatic rings. The fraction of sp³-hybridized carbons (Fsp3) is 0.250. The van der Waals surface area contributed by atoms with Crippen LogP contribution in [-0.2, 0) is 4.79 Å². The molecule has 1 rings (SSSR count). The molecule has 0 amide bonds. The minimum atomic E-state index is -1.12. The Hall–Kier alpha value is -2.06. The lowest BCUT2D eigenvalue weighted by molar-refractivity contribution is -0.139. The third-order valence-corrected chi connectivity index (χ3v) is 2.16. The van der Waals surface area contributed by atoms with Gasteiger partial charge in [-0.05, 0) is 17.7 Å². The summed E-state index contributed by atoms with van der Waals surface area (Å²) in [6.45, 7) is 0.0879. The van der Waals surface area contributed by atoms with E-state index in [0.717, 1.165) is 6.07 Å². The smallest absolute Gasteiger partial charge is 0.325 e. The largest absolute Gasteiger partial charge is 0.494 e. The highest BCUT2D eigenvalue weighted by Crippen LogP contribution is 2.21. The number of halogens is 1. The van der Waals surface area contributed by atoms with Gasteiger partial charge in [-0.15, -0.1) is 6.42 Å². The van der Waals surface area contributed by atoms with Gasteiger partial charge in [-0.25, -0.2) is 4.39 Å². The SMILES string of the molecule is C#CCNC(C(=O)O)c1ccc(OC)c(F)c1. The van der Waals surface area contributed by atoms with Gasteiger partial charge < -0.3 is 9.84 Å². The van der Waals surface area contributed by atoms with Gasteiger partial charge in [0.25, 0.3) is 0 Å². The van der Waals surface area contributed by atoms with Gasteiger partial charge in [0, 0.05) is 0 Å². The summed E-state index contributed by atoms with van der Waals surface area (Å²) in [7, 11) is 1.34. The molecular formula is C12H12FNO3. The Kier molecular flexibility index (Phi) is 4.49. The molecule has 4 nitrogen and oxygen atoms in total. The number of aliphatic carboxylic acids is 1. The van der Waals surface area contributed by atoms with Gasteiger partial charge in [0.05, 0.1) is 13.7 Å². The summed E-state index contributed by atoms with van der Waals surface area (Å²) in [5.41, 5.74) is 0.283. The number of hydrogen-bond acceptors (Lipinski definition) is 3. The highest BCUT2D eigenvalue weighted by molar-refractivity contribution is 5.75. The van der Waals surface area contributed by atoms with E-state index in [0.29, 0.717) is 0 Å². The van der Waals surface area contributed by atoms with Gasteiger partial charge in [-0.3, -0.25) is 10.1 Å². The topological polar surface area (TPSA) is 58.6 Å². The zero-order chi connectivity index (χ0) is 12.8. The molecular weight excluding hydrogens is 225 g/mol. The molecule has 1 aromatic rings. The van der Waals surface area contributed by atoms with Crippen molar-refractivity contribution in [2.45, 2.75) is 6.04 Å². The molecule has 1 atom stereocenters. The molecule has 1 unspecified atom stereocenters. The van der Waals surface area contributed by atoms with Crippen LogP contribution in [-0.4, -0.2) is 24.7 Å². The molecule has 0 aliphatic carbocycles. The minimum Gasteiger partial charge on any atom is -0.494 e. The van der Waals surface area contributed by atoms with Gasteiger partial charge in [0.15, 0.2) is 11.6 Å². The summed E-state index contributed by atoms with van der Waals surface area (Å²) in [4.78, 5) is 11.0. The number of nitrogens with one attached hydrogen (secondary N) is 1. The summed E-state index contributed by atoms with van der Waals surface area (Å²) >= 11 is 0. The molecule has 0 saturated carbocycles. The van der Waals surface area contributed by atoms with Gasteiger partial charge in [0.2, 0.25) is 0 Å². The maximum Gasteiger partial charge on any atom is 0.325 e. The zero-order valence-electron chi connectivity index (χ0n) is 9.24. The summed E-state index contributed by atoms with van der Waals surface area (Å²) in [6, 6.07) is 2.93. The molecule has 5 heteroatoms. The molecule has 0 fully saturated rings. The van der Waals surface area contributed by atoms with E-state index in [1.165, 1.54) is 19.2 Å². The van der Waals surface area contributed by atoms with Crippen LogP contribution in [0.15, 0.2) is 18.2 Å². The Morgan fingerprint density at radius 1 is 1.71 bits per heavy atom. The van der Waals surface area contributed by atoms with Crippen LogP contribution in [0.5, 0.6) is 5.75 Å². The maximum atomic E-state index is 13.4. The van der Waals surface area contributed by atoms with Crippen LogP contribution < -0.4 is 10.1 Å². The van der Waals surface area contributed by atoms with E-state index in [2.05, 4.69) is 11.2 Å². The van der Waals surface area contributed by atoms with Gasteiger partial charge in [-0.2, -0.15) is 0 Å². The van der Waals surface area contributed by atoms with Crippen molar-refractivity contribution in [1.29, 1.82) is 0 Å². The van der Waals surface area contributed by atoms with E-state index in [1.807, 2.05) is 0 Å². The third-order valence-electron chi connectivity index (χ3n) is 2.16. The number of benzene rings is 1. The molecule has 0 bridgehead atoms. The summed E-state index contributed by atoms with van der Waals surface area (Å²) in [5.74, 6) is 0.599. The second-order valence-electron chi connectivity index (χ2n) is 3.25. The third kappa shape index (κ3) is 3.20. The van der Waals surface area contributed by atoms with Crippen molar-refractivity contribution in [3.05, 3.63) is 29.6 Å². The van der Waals surface area contributed by atoms with Crippen molar-refractivity contribution < 1.29 is 19.0 Å². The summed E-state index contributed by atoms with van der Waals surface area (Å²) in [5, 5.41) is 11.6. The second-order valence-corrected chi connectivity index (χ2v) is 3.25. The molecule has 0 saturated heterocycles. The van der Waals surface area contributed by atoms with Crippen molar-refractivity contribution in [2.24, 2.45) is 0 Å². The number of hydrogen-bond donors (Lipinski definition) is 2. The van der Waals surface area contributed by atoms with Gasteiger partial charge in [0.1, 0.15) is 6.04 Å². The van der Waals surface area contributed by atoms with Crippen molar-refractivity contribution in [2.75, 3.05) is 13.7 Å². The lowest BCUT2D eigenvalue weighted by Crippen LogP contribution is -2.28. The van der Waals surface area contributed by atoms with Crippen molar-refractivity contribution >= 4 is 5.97 Å². The number of methoxy groups -OCH3 is 1. The number of carboxylic acid groups (broad SMARTS) is 1. The molecule has 0 aliphatic heterocycles. The lowest BCUT2D eigenvalue weighted by atomic mass is 10.1. The monoisotopic (exact) mass is 237 g/mol. The van der Waals surface area contributed by atoms with Crippen LogP contribution in [0.1, 0.15) is 11.6 Å². The first-order chi connectivity index (χ1) is 8.10. The number of carbonyl (C=O) groups is 1. The molecule has 90 valence electrons. The highest BCUT2D eigenvalue weighted by atomic mass is 19.1. The standard InChI is InChI=1S/C12H12FNO3/c1-3-6-14-11(12(15)16)8-4-5-10(17-2)9(13)7-8/h1,4-5,7,11,14H,6H2,2H3,(H,15,16). The lowest BCUT2D eigenvalue weighted by Gasteiger charge is -2.13. The molecule has 0 spiro atoms.